The monoisotopic (exact) mass is 280 g/mol. The van der Waals surface area contributed by atoms with Crippen LogP contribution in [0.1, 0.15) is 31.1 Å². The first-order chi connectivity index (χ1) is 9.29. The molecular weight excluding hydrogens is 264 g/mol. The van der Waals surface area contributed by atoms with E-state index >= 15 is 0 Å². The Morgan fingerprint density at radius 3 is 2.35 bits per heavy atom. The fourth-order valence-electron chi connectivity index (χ4n) is 1.46. The zero-order valence-corrected chi connectivity index (χ0v) is 11.4. The molecule has 2 amide bonds. The summed E-state index contributed by atoms with van der Waals surface area (Å²) in [5, 5.41) is 13.9. The second-order valence-corrected chi connectivity index (χ2v) is 4.33. The normalized spacial score (nSPS) is 10.0. The second-order valence-electron chi connectivity index (χ2n) is 4.33. The van der Waals surface area contributed by atoms with Gasteiger partial charge in [0.2, 0.25) is 5.91 Å². The molecule has 3 N–H and O–H groups in total. The van der Waals surface area contributed by atoms with E-state index < -0.39 is 12.1 Å². The molecular formula is C13H16N2O5. The van der Waals surface area contributed by atoms with Crippen molar-refractivity contribution in [2.45, 2.75) is 26.9 Å². The summed E-state index contributed by atoms with van der Waals surface area (Å²) in [7, 11) is 0. The van der Waals surface area contributed by atoms with Gasteiger partial charge in [0.25, 0.3) is 0 Å². The van der Waals surface area contributed by atoms with Crippen molar-refractivity contribution in [2.75, 3.05) is 10.6 Å². The molecule has 0 heterocycles. The molecule has 0 atom stereocenters. The number of ether oxygens (including phenoxy) is 1. The topological polar surface area (TPSA) is 105 Å². The lowest BCUT2D eigenvalue weighted by molar-refractivity contribution is -0.114. The number of rotatable bonds is 4. The molecule has 0 aliphatic carbocycles. The number of hydrogen-bond donors (Lipinski definition) is 3. The van der Waals surface area contributed by atoms with Gasteiger partial charge in [0.1, 0.15) is 0 Å². The van der Waals surface area contributed by atoms with Gasteiger partial charge in [-0.25, -0.2) is 9.59 Å². The van der Waals surface area contributed by atoms with Crippen LogP contribution in [0.4, 0.5) is 16.2 Å². The van der Waals surface area contributed by atoms with Gasteiger partial charge in [-0.1, -0.05) is 0 Å². The Morgan fingerprint density at radius 2 is 1.85 bits per heavy atom. The van der Waals surface area contributed by atoms with Gasteiger partial charge in [0.05, 0.1) is 17.4 Å². The largest absolute Gasteiger partial charge is 0.478 e. The Bertz CT molecular complexity index is 540. The maximum atomic E-state index is 11.5. The molecule has 1 aromatic rings. The SMILES string of the molecule is CC(=O)Nc1ccc(NC(=O)OC(C)C)c(C(=O)O)c1. The van der Waals surface area contributed by atoms with Gasteiger partial charge in [-0.15, -0.1) is 0 Å². The van der Waals surface area contributed by atoms with E-state index in [-0.39, 0.29) is 23.3 Å². The summed E-state index contributed by atoms with van der Waals surface area (Å²) in [5.74, 6) is -1.54. The van der Waals surface area contributed by atoms with Gasteiger partial charge < -0.3 is 15.2 Å². The average molecular weight is 280 g/mol. The highest BCUT2D eigenvalue weighted by atomic mass is 16.6. The zero-order valence-electron chi connectivity index (χ0n) is 11.4. The summed E-state index contributed by atoms with van der Waals surface area (Å²) in [6.45, 7) is 4.67. The van der Waals surface area contributed by atoms with E-state index in [2.05, 4.69) is 10.6 Å². The van der Waals surface area contributed by atoms with Crippen LogP contribution in [0.3, 0.4) is 0 Å². The molecule has 0 aliphatic rings. The van der Waals surface area contributed by atoms with E-state index in [9.17, 15) is 14.4 Å². The summed E-state index contributed by atoms with van der Waals surface area (Å²) < 4.78 is 4.87. The van der Waals surface area contributed by atoms with E-state index in [0.717, 1.165) is 0 Å². The summed E-state index contributed by atoms with van der Waals surface area (Å²) in [6, 6.07) is 4.13. The number of carbonyl (C=O) groups excluding carboxylic acids is 2. The minimum absolute atomic E-state index is 0.0947. The van der Waals surface area contributed by atoms with Crippen LogP contribution in [-0.2, 0) is 9.53 Å². The van der Waals surface area contributed by atoms with Gasteiger partial charge in [0.15, 0.2) is 0 Å². The zero-order chi connectivity index (χ0) is 15.3. The molecule has 0 saturated heterocycles. The number of carboxylic acids is 1. The first-order valence-electron chi connectivity index (χ1n) is 5.92. The quantitative estimate of drug-likeness (QED) is 0.784. The summed E-state index contributed by atoms with van der Waals surface area (Å²) in [5.41, 5.74) is 0.284. The minimum Gasteiger partial charge on any atom is -0.478 e. The van der Waals surface area contributed by atoms with E-state index in [1.165, 1.54) is 25.1 Å². The molecule has 0 aliphatic heterocycles. The number of nitrogens with one attached hydrogen (secondary N) is 2. The van der Waals surface area contributed by atoms with Crippen LogP contribution >= 0.6 is 0 Å². The number of benzene rings is 1. The number of carboxylic acid groups (broad SMARTS) is 1. The maximum absolute atomic E-state index is 11.5. The Labute approximate surface area is 115 Å². The highest BCUT2D eigenvalue weighted by molar-refractivity contribution is 6.00. The standard InChI is InChI=1S/C13H16N2O5/c1-7(2)20-13(19)15-11-5-4-9(14-8(3)16)6-10(11)12(17)18/h4-7H,1-3H3,(H,14,16)(H,15,19)(H,17,18). The smallest absolute Gasteiger partial charge is 0.411 e. The first-order valence-corrected chi connectivity index (χ1v) is 5.92. The van der Waals surface area contributed by atoms with Gasteiger partial charge in [-0.05, 0) is 32.0 Å². The van der Waals surface area contributed by atoms with Crippen LogP contribution in [0.2, 0.25) is 0 Å². The third kappa shape index (κ3) is 4.60. The molecule has 108 valence electrons. The Morgan fingerprint density at radius 1 is 1.20 bits per heavy atom. The summed E-state index contributed by atoms with van der Waals surface area (Å²) >= 11 is 0. The van der Waals surface area contributed by atoms with Crippen molar-refractivity contribution in [2.24, 2.45) is 0 Å². The fourth-order valence-corrected chi connectivity index (χ4v) is 1.46. The second kappa shape index (κ2) is 6.55. The molecule has 20 heavy (non-hydrogen) atoms. The Balaban J connectivity index is 2.98. The van der Waals surface area contributed by atoms with Crippen molar-refractivity contribution < 1.29 is 24.2 Å². The molecule has 0 aromatic heterocycles. The molecule has 0 radical (unpaired) electrons. The number of aromatic carboxylic acids is 1. The van der Waals surface area contributed by atoms with Crippen LogP contribution in [0.25, 0.3) is 0 Å². The van der Waals surface area contributed by atoms with Crippen LogP contribution in [0.5, 0.6) is 0 Å². The van der Waals surface area contributed by atoms with Gasteiger partial charge in [0, 0.05) is 12.6 Å². The predicted octanol–water partition coefficient (Wildman–Crippen LogP) is 2.30. The lowest BCUT2D eigenvalue weighted by Crippen LogP contribution is -2.19. The maximum Gasteiger partial charge on any atom is 0.411 e. The highest BCUT2D eigenvalue weighted by Crippen LogP contribution is 2.21. The Kier molecular flexibility index (Phi) is 5.08. The average Bonchev–Trinajstić information content (AvgIpc) is 2.28. The Hall–Kier alpha value is -2.57. The van der Waals surface area contributed by atoms with Crippen molar-refractivity contribution in [3.05, 3.63) is 23.8 Å². The van der Waals surface area contributed by atoms with Gasteiger partial charge in [-0.3, -0.25) is 10.1 Å². The molecule has 1 rings (SSSR count). The third-order valence-electron chi connectivity index (χ3n) is 2.15. The number of carbonyl (C=O) groups is 3. The molecule has 0 fully saturated rings. The number of anilines is 2. The van der Waals surface area contributed by atoms with E-state index in [1.807, 2.05) is 0 Å². The van der Waals surface area contributed by atoms with Crippen molar-refractivity contribution in [1.82, 2.24) is 0 Å². The van der Waals surface area contributed by atoms with Crippen molar-refractivity contribution in [1.29, 1.82) is 0 Å². The fraction of sp³-hybridized carbons (Fsp3) is 0.308. The molecule has 7 nitrogen and oxygen atoms in total. The van der Waals surface area contributed by atoms with Crippen LogP contribution in [0, 0.1) is 0 Å². The van der Waals surface area contributed by atoms with Crippen molar-refractivity contribution in [3.63, 3.8) is 0 Å². The van der Waals surface area contributed by atoms with E-state index in [0.29, 0.717) is 5.69 Å². The first kappa shape index (κ1) is 15.5. The van der Waals surface area contributed by atoms with Crippen molar-refractivity contribution in [3.8, 4) is 0 Å². The lowest BCUT2D eigenvalue weighted by Gasteiger charge is -2.12. The van der Waals surface area contributed by atoms with E-state index in [1.54, 1.807) is 13.8 Å². The van der Waals surface area contributed by atoms with Crippen molar-refractivity contribution >= 4 is 29.3 Å². The molecule has 0 bridgehead atoms. The molecule has 7 heteroatoms. The molecule has 0 saturated carbocycles. The van der Waals surface area contributed by atoms with Crippen LogP contribution in [-0.4, -0.2) is 29.2 Å². The molecule has 0 spiro atoms. The molecule has 1 aromatic carbocycles. The van der Waals surface area contributed by atoms with Gasteiger partial charge in [-0.2, -0.15) is 0 Å². The van der Waals surface area contributed by atoms with Gasteiger partial charge >= 0.3 is 12.1 Å². The third-order valence-corrected chi connectivity index (χ3v) is 2.15. The predicted molar refractivity (Wildman–Crippen MR) is 72.9 cm³/mol. The lowest BCUT2D eigenvalue weighted by atomic mass is 10.1. The number of amides is 2. The highest BCUT2D eigenvalue weighted by Gasteiger charge is 2.15. The van der Waals surface area contributed by atoms with Crippen LogP contribution in [0.15, 0.2) is 18.2 Å². The van der Waals surface area contributed by atoms with Crippen LogP contribution < -0.4 is 10.6 Å². The van der Waals surface area contributed by atoms with E-state index in [4.69, 9.17) is 9.84 Å². The summed E-state index contributed by atoms with van der Waals surface area (Å²) in [4.78, 5) is 33.6. The number of hydrogen-bond acceptors (Lipinski definition) is 4. The minimum atomic E-state index is -1.22. The summed E-state index contributed by atoms with van der Waals surface area (Å²) in [6.07, 6.45) is -1.06. The molecule has 0 unspecified atom stereocenters.